The zero-order chi connectivity index (χ0) is 10.3. The Hall–Kier alpha value is 0.467. The first-order valence-electron chi connectivity index (χ1n) is 5.25. The average molecular weight is 223 g/mol. The zero-order valence-corrected chi connectivity index (χ0v) is 11.2. The van der Waals surface area contributed by atoms with Crippen LogP contribution in [-0.4, -0.2) is 20.3 Å². The molecule has 0 saturated heterocycles. The van der Waals surface area contributed by atoms with E-state index in [4.69, 9.17) is 16.0 Å². The van der Waals surface area contributed by atoms with Crippen molar-refractivity contribution in [2.75, 3.05) is 5.88 Å². The van der Waals surface area contributed by atoms with E-state index in [0.717, 1.165) is 12.3 Å². The van der Waals surface area contributed by atoms with Crippen LogP contribution >= 0.6 is 11.6 Å². The summed E-state index contributed by atoms with van der Waals surface area (Å²) in [4.78, 5) is 0. The summed E-state index contributed by atoms with van der Waals surface area (Å²) < 4.78 is 6.06. The molecule has 0 radical (unpaired) electrons. The maximum absolute atomic E-state index is 6.06. The van der Waals surface area contributed by atoms with Gasteiger partial charge in [-0.3, -0.25) is 0 Å². The SMILES string of the molecule is CCCC(C)O[Si](C)(C)CCCCl. The largest absolute Gasteiger partial charge is 0.415 e. The van der Waals surface area contributed by atoms with Crippen molar-refractivity contribution in [2.45, 2.75) is 58.4 Å². The molecule has 0 aliphatic heterocycles. The van der Waals surface area contributed by atoms with E-state index in [1.165, 1.54) is 18.9 Å². The van der Waals surface area contributed by atoms with Crippen LogP contribution in [0.3, 0.4) is 0 Å². The van der Waals surface area contributed by atoms with Gasteiger partial charge < -0.3 is 4.43 Å². The highest BCUT2D eigenvalue weighted by Gasteiger charge is 2.23. The Morgan fingerprint density at radius 1 is 1.38 bits per heavy atom. The smallest absolute Gasteiger partial charge is 0.187 e. The summed E-state index contributed by atoms with van der Waals surface area (Å²) in [5.41, 5.74) is 0. The lowest BCUT2D eigenvalue weighted by Crippen LogP contribution is -2.34. The number of rotatable bonds is 7. The number of alkyl halides is 1. The molecule has 0 heterocycles. The van der Waals surface area contributed by atoms with Gasteiger partial charge in [0.25, 0.3) is 0 Å². The number of halogens is 1. The topological polar surface area (TPSA) is 9.23 Å². The Balaban J connectivity index is 3.71. The summed E-state index contributed by atoms with van der Waals surface area (Å²) in [6, 6.07) is 1.19. The van der Waals surface area contributed by atoms with Crippen LogP contribution in [0.2, 0.25) is 19.1 Å². The minimum atomic E-state index is -1.41. The van der Waals surface area contributed by atoms with Gasteiger partial charge in [-0.25, -0.2) is 0 Å². The van der Waals surface area contributed by atoms with Crippen LogP contribution in [0, 0.1) is 0 Å². The second-order valence-electron chi connectivity index (χ2n) is 4.27. The van der Waals surface area contributed by atoms with Gasteiger partial charge in [0, 0.05) is 12.0 Å². The molecule has 1 nitrogen and oxygen atoms in total. The van der Waals surface area contributed by atoms with Crippen LogP contribution in [-0.2, 0) is 4.43 Å². The van der Waals surface area contributed by atoms with Crippen molar-refractivity contribution in [1.82, 2.24) is 0 Å². The molecule has 1 unspecified atom stereocenters. The summed E-state index contributed by atoms with van der Waals surface area (Å²) in [6.07, 6.45) is 3.92. The summed E-state index contributed by atoms with van der Waals surface area (Å²) in [6.45, 7) is 8.95. The molecule has 0 spiro atoms. The molecule has 13 heavy (non-hydrogen) atoms. The van der Waals surface area contributed by atoms with Gasteiger partial charge in [-0.15, -0.1) is 11.6 Å². The van der Waals surface area contributed by atoms with Crippen LogP contribution in [0.1, 0.15) is 33.1 Å². The third-order valence-electron chi connectivity index (χ3n) is 2.13. The predicted octanol–water partition coefficient (Wildman–Crippen LogP) is 4.03. The van der Waals surface area contributed by atoms with E-state index in [0.29, 0.717) is 6.10 Å². The van der Waals surface area contributed by atoms with Gasteiger partial charge in [0.15, 0.2) is 8.32 Å². The Morgan fingerprint density at radius 2 is 2.00 bits per heavy atom. The van der Waals surface area contributed by atoms with E-state index in [2.05, 4.69) is 26.9 Å². The van der Waals surface area contributed by atoms with Crippen LogP contribution in [0.5, 0.6) is 0 Å². The molecule has 0 saturated carbocycles. The molecule has 0 aliphatic carbocycles. The predicted molar refractivity (Wildman–Crippen MR) is 63.1 cm³/mol. The molecule has 0 aromatic heterocycles. The lowest BCUT2D eigenvalue weighted by molar-refractivity contribution is 0.199. The first kappa shape index (κ1) is 13.5. The third-order valence-corrected chi connectivity index (χ3v) is 4.99. The molecule has 0 rings (SSSR count). The Bertz CT molecular complexity index is 128. The Kier molecular flexibility index (Phi) is 7.10. The molecule has 0 aromatic carbocycles. The van der Waals surface area contributed by atoms with Gasteiger partial charge in [-0.1, -0.05) is 13.3 Å². The van der Waals surface area contributed by atoms with Crippen molar-refractivity contribution in [3.63, 3.8) is 0 Å². The highest BCUT2D eigenvalue weighted by Crippen LogP contribution is 2.18. The molecule has 3 heteroatoms. The van der Waals surface area contributed by atoms with Crippen molar-refractivity contribution >= 4 is 19.9 Å². The van der Waals surface area contributed by atoms with Gasteiger partial charge in [0.2, 0.25) is 0 Å². The molecule has 80 valence electrons. The normalized spacial score (nSPS) is 14.5. The van der Waals surface area contributed by atoms with Gasteiger partial charge in [-0.05, 0) is 38.9 Å². The zero-order valence-electron chi connectivity index (χ0n) is 9.40. The van der Waals surface area contributed by atoms with E-state index >= 15 is 0 Å². The summed E-state index contributed by atoms with van der Waals surface area (Å²) in [5.74, 6) is 0.766. The minimum absolute atomic E-state index is 0.432. The molecular weight excluding hydrogens is 200 g/mol. The average Bonchev–Trinajstić information content (AvgIpc) is 2.00. The second kappa shape index (κ2) is 6.85. The highest BCUT2D eigenvalue weighted by atomic mass is 35.5. The fraction of sp³-hybridized carbons (Fsp3) is 1.00. The lowest BCUT2D eigenvalue weighted by Gasteiger charge is -2.27. The fourth-order valence-electron chi connectivity index (χ4n) is 1.56. The van der Waals surface area contributed by atoms with E-state index in [9.17, 15) is 0 Å². The third kappa shape index (κ3) is 7.53. The first-order chi connectivity index (χ1) is 6.02. The molecular formula is C10H23ClOSi. The summed E-state index contributed by atoms with van der Waals surface area (Å²) in [5, 5.41) is 0. The highest BCUT2D eigenvalue weighted by molar-refractivity contribution is 6.71. The standard InChI is InChI=1S/C10H23ClOSi/c1-5-7-10(2)12-13(3,4)9-6-8-11/h10H,5-9H2,1-4H3. The van der Waals surface area contributed by atoms with E-state index in [1.54, 1.807) is 0 Å². The molecule has 0 fully saturated rings. The fourth-order valence-corrected chi connectivity index (χ4v) is 4.27. The lowest BCUT2D eigenvalue weighted by atomic mass is 10.2. The summed E-state index contributed by atoms with van der Waals surface area (Å²) in [7, 11) is -1.41. The van der Waals surface area contributed by atoms with Gasteiger partial charge >= 0.3 is 0 Å². The molecule has 0 bridgehead atoms. The Labute approximate surface area is 88.9 Å². The maximum atomic E-state index is 6.06. The van der Waals surface area contributed by atoms with E-state index in [-0.39, 0.29) is 0 Å². The van der Waals surface area contributed by atoms with Crippen LogP contribution in [0.4, 0.5) is 0 Å². The van der Waals surface area contributed by atoms with Gasteiger partial charge in [0.1, 0.15) is 0 Å². The van der Waals surface area contributed by atoms with Gasteiger partial charge in [-0.2, -0.15) is 0 Å². The number of hydrogen-bond acceptors (Lipinski definition) is 1. The summed E-state index contributed by atoms with van der Waals surface area (Å²) >= 11 is 5.67. The molecule has 0 amide bonds. The van der Waals surface area contributed by atoms with Crippen molar-refractivity contribution in [3.8, 4) is 0 Å². The van der Waals surface area contributed by atoms with Crippen molar-refractivity contribution < 1.29 is 4.43 Å². The molecule has 0 N–H and O–H groups in total. The Morgan fingerprint density at radius 3 is 2.46 bits per heavy atom. The quantitative estimate of drug-likeness (QED) is 0.467. The van der Waals surface area contributed by atoms with E-state index in [1.807, 2.05) is 0 Å². The molecule has 0 aromatic rings. The first-order valence-corrected chi connectivity index (χ1v) is 8.90. The number of hydrogen-bond donors (Lipinski definition) is 0. The van der Waals surface area contributed by atoms with Crippen LogP contribution in [0.25, 0.3) is 0 Å². The van der Waals surface area contributed by atoms with Crippen LogP contribution in [0.15, 0.2) is 0 Å². The monoisotopic (exact) mass is 222 g/mol. The second-order valence-corrected chi connectivity index (χ2v) is 8.90. The van der Waals surface area contributed by atoms with E-state index < -0.39 is 8.32 Å². The van der Waals surface area contributed by atoms with Crippen molar-refractivity contribution in [2.24, 2.45) is 0 Å². The van der Waals surface area contributed by atoms with Crippen molar-refractivity contribution in [3.05, 3.63) is 0 Å². The molecule has 1 atom stereocenters. The van der Waals surface area contributed by atoms with Gasteiger partial charge in [0.05, 0.1) is 0 Å². The van der Waals surface area contributed by atoms with Crippen molar-refractivity contribution in [1.29, 1.82) is 0 Å². The molecule has 0 aliphatic rings. The van der Waals surface area contributed by atoms with Crippen LogP contribution < -0.4 is 0 Å². The minimum Gasteiger partial charge on any atom is -0.415 e. The maximum Gasteiger partial charge on any atom is 0.187 e.